The van der Waals surface area contributed by atoms with Crippen LogP contribution in [-0.2, 0) is 17.6 Å². The molecule has 2 aromatic rings. The second-order valence-electron chi connectivity index (χ2n) is 9.85. The summed E-state index contributed by atoms with van der Waals surface area (Å²) in [6.07, 6.45) is 5.80. The zero-order valence-corrected chi connectivity index (χ0v) is 18.5. The molecule has 1 aromatic heterocycles. The Balaban J connectivity index is 1.12. The molecule has 6 rings (SSSR count). The van der Waals surface area contributed by atoms with E-state index in [0.29, 0.717) is 11.5 Å². The molecular formula is C25H31N5O2. The maximum atomic E-state index is 12.9. The Bertz CT molecular complexity index is 1060. The smallest absolute Gasteiger partial charge is 0.253 e. The molecule has 4 N–H and O–H groups in total. The Morgan fingerprint density at radius 2 is 2.19 bits per heavy atom. The van der Waals surface area contributed by atoms with Crippen molar-refractivity contribution in [2.24, 2.45) is 11.7 Å². The first kappa shape index (κ1) is 20.0. The van der Waals surface area contributed by atoms with Gasteiger partial charge in [-0.2, -0.15) is 0 Å². The number of anilines is 2. The van der Waals surface area contributed by atoms with E-state index in [1.807, 2.05) is 6.07 Å². The molecule has 7 nitrogen and oxygen atoms in total. The SMILES string of the molecule is CO[C@H]1CN(c2ccc3c(c2)CC[C@H](NC(=O)c2cnc4c(c2)[C@@H]2C[C@@H]2CN4)C3)C[C@@H]1N. The zero-order valence-electron chi connectivity index (χ0n) is 18.5. The number of amides is 1. The number of aryl methyl sites for hydroxylation is 1. The van der Waals surface area contributed by atoms with Crippen molar-refractivity contribution >= 4 is 17.4 Å². The lowest BCUT2D eigenvalue weighted by Crippen LogP contribution is -2.39. The van der Waals surface area contributed by atoms with Crippen molar-refractivity contribution in [2.45, 2.75) is 49.8 Å². The molecule has 2 aliphatic carbocycles. The molecule has 7 heteroatoms. The lowest BCUT2D eigenvalue weighted by atomic mass is 9.87. The van der Waals surface area contributed by atoms with Crippen molar-refractivity contribution in [2.75, 3.05) is 37.0 Å². The third-order valence-corrected chi connectivity index (χ3v) is 7.76. The second kappa shape index (κ2) is 7.74. The highest BCUT2D eigenvalue weighted by molar-refractivity contribution is 5.94. The Morgan fingerprint density at radius 3 is 3.03 bits per heavy atom. The van der Waals surface area contributed by atoms with E-state index in [4.69, 9.17) is 10.5 Å². The Morgan fingerprint density at radius 1 is 1.28 bits per heavy atom. The molecule has 1 saturated carbocycles. The molecule has 0 radical (unpaired) electrons. The molecule has 1 amide bonds. The number of hydrogen-bond donors (Lipinski definition) is 3. The van der Waals surface area contributed by atoms with Crippen LogP contribution in [0.5, 0.6) is 0 Å². The van der Waals surface area contributed by atoms with E-state index >= 15 is 0 Å². The third-order valence-electron chi connectivity index (χ3n) is 7.76. The van der Waals surface area contributed by atoms with Gasteiger partial charge in [-0.15, -0.1) is 0 Å². The highest BCUT2D eigenvalue weighted by Crippen LogP contribution is 2.52. The van der Waals surface area contributed by atoms with Crippen LogP contribution in [0.15, 0.2) is 30.5 Å². The van der Waals surface area contributed by atoms with Gasteiger partial charge in [0.1, 0.15) is 5.82 Å². The number of rotatable bonds is 4. The summed E-state index contributed by atoms with van der Waals surface area (Å²) in [6.45, 7) is 2.67. The first-order chi connectivity index (χ1) is 15.6. The summed E-state index contributed by atoms with van der Waals surface area (Å²) in [5.74, 6) is 2.26. The van der Waals surface area contributed by atoms with Crippen LogP contribution in [0.3, 0.4) is 0 Å². The van der Waals surface area contributed by atoms with E-state index in [1.165, 1.54) is 28.8 Å². The summed E-state index contributed by atoms with van der Waals surface area (Å²) >= 11 is 0. The number of carbonyl (C=O) groups is 1. The number of nitrogens with two attached hydrogens (primary N) is 1. The summed E-state index contributed by atoms with van der Waals surface area (Å²) in [5, 5.41) is 6.64. The standard InChI is InChI=1S/C25H31N5O2/c1-32-23-13-30(12-22(23)26)19-5-3-14-6-18(4-2-15(14)7-19)29-25(31)17-9-21-20-8-16(20)10-27-24(21)28-11-17/h3,5,7,9,11,16,18,20,22-23H,2,4,6,8,10,12-13,26H2,1H3,(H,27,28)(H,29,31)/t16-,18+,20-,22+,23+/m1/s1. The summed E-state index contributed by atoms with van der Waals surface area (Å²) in [4.78, 5) is 19.8. The third kappa shape index (κ3) is 3.53. The second-order valence-corrected chi connectivity index (χ2v) is 9.85. The number of nitrogens with zero attached hydrogens (tertiary/aromatic N) is 2. The lowest BCUT2D eigenvalue weighted by Gasteiger charge is -2.28. The summed E-state index contributed by atoms with van der Waals surface area (Å²) in [7, 11) is 1.73. The summed E-state index contributed by atoms with van der Waals surface area (Å²) in [5.41, 5.74) is 12.0. The molecule has 1 aromatic carbocycles. The molecule has 3 heterocycles. The fourth-order valence-electron chi connectivity index (χ4n) is 5.71. The van der Waals surface area contributed by atoms with E-state index in [2.05, 4.69) is 38.7 Å². The highest BCUT2D eigenvalue weighted by atomic mass is 16.5. The number of benzene rings is 1. The van der Waals surface area contributed by atoms with Gasteiger partial charge in [0.2, 0.25) is 0 Å². The van der Waals surface area contributed by atoms with Crippen LogP contribution in [0, 0.1) is 5.92 Å². The number of ether oxygens (including phenoxy) is 1. The molecule has 32 heavy (non-hydrogen) atoms. The van der Waals surface area contributed by atoms with Gasteiger partial charge in [0, 0.05) is 44.7 Å². The number of pyridine rings is 1. The molecule has 1 saturated heterocycles. The molecule has 0 unspecified atom stereocenters. The Labute approximate surface area is 188 Å². The van der Waals surface area contributed by atoms with Crippen LogP contribution in [0.1, 0.15) is 45.8 Å². The maximum Gasteiger partial charge on any atom is 0.253 e. The fraction of sp³-hybridized carbons (Fsp3) is 0.520. The summed E-state index contributed by atoms with van der Waals surface area (Å²) < 4.78 is 5.50. The number of aromatic nitrogens is 1. The average molecular weight is 434 g/mol. The zero-order chi connectivity index (χ0) is 21.8. The normalized spacial score (nSPS) is 30.1. The molecule has 5 atom stereocenters. The summed E-state index contributed by atoms with van der Waals surface area (Å²) in [6, 6.07) is 8.95. The molecule has 2 aliphatic heterocycles. The van der Waals surface area contributed by atoms with Gasteiger partial charge in [-0.05, 0) is 72.4 Å². The lowest BCUT2D eigenvalue weighted by molar-refractivity contribution is 0.0933. The number of hydrogen-bond acceptors (Lipinski definition) is 6. The first-order valence-corrected chi connectivity index (χ1v) is 11.8. The minimum Gasteiger partial charge on any atom is -0.378 e. The monoisotopic (exact) mass is 433 g/mol. The van der Waals surface area contributed by atoms with Crippen molar-refractivity contribution in [1.82, 2.24) is 10.3 Å². The van der Waals surface area contributed by atoms with Gasteiger partial charge in [0.25, 0.3) is 5.91 Å². The van der Waals surface area contributed by atoms with Crippen molar-refractivity contribution in [3.8, 4) is 0 Å². The number of nitrogens with one attached hydrogen (secondary N) is 2. The minimum atomic E-state index is -0.00944. The average Bonchev–Trinajstić information content (AvgIpc) is 3.52. The van der Waals surface area contributed by atoms with E-state index in [-0.39, 0.29) is 24.1 Å². The van der Waals surface area contributed by atoms with Crippen molar-refractivity contribution in [3.63, 3.8) is 0 Å². The Kier molecular flexibility index (Phi) is 4.84. The number of fused-ring (bicyclic) bond motifs is 4. The minimum absolute atomic E-state index is 0.00944. The van der Waals surface area contributed by atoms with Gasteiger partial charge < -0.3 is 26.0 Å². The Hall–Kier alpha value is -2.64. The van der Waals surface area contributed by atoms with Gasteiger partial charge in [-0.1, -0.05) is 6.07 Å². The molecule has 4 aliphatic rings. The van der Waals surface area contributed by atoms with Crippen LogP contribution < -0.4 is 21.3 Å². The van der Waals surface area contributed by atoms with E-state index in [1.54, 1.807) is 13.3 Å². The van der Waals surface area contributed by atoms with Gasteiger partial charge in [0.05, 0.1) is 17.7 Å². The first-order valence-electron chi connectivity index (χ1n) is 11.8. The quantitative estimate of drug-likeness (QED) is 0.684. The van der Waals surface area contributed by atoms with Crippen LogP contribution in [0.25, 0.3) is 0 Å². The molecule has 0 bridgehead atoms. The molecule has 168 valence electrons. The number of methoxy groups -OCH3 is 1. The van der Waals surface area contributed by atoms with Crippen LogP contribution in [0.4, 0.5) is 11.5 Å². The van der Waals surface area contributed by atoms with Crippen LogP contribution in [0.2, 0.25) is 0 Å². The van der Waals surface area contributed by atoms with Gasteiger partial charge in [-0.25, -0.2) is 4.98 Å². The fourth-order valence-corrected chi connectivity index (χ4v) is 5.71. The van der Waals surface area contributed by atoms with Crippen molar-refractivity contribution in [3.05, 3.63) is 52.7 Å². The van der Waals surface area contributed by atoms with Gasteiger partial charge in [0.15, 0.2) is 0 Å². The topological polar surface area (TPSA) is 92.5 Å². The molecule has 2 fully saturated rings. The predicted molar refractivity (Wildman–Crippen MR) is 124 cm³/mol. The van der Waals surface area contributed by atoms with Crippen molar-refractivity contribution < 1.29 is 9.53 Å². The van der Waals surface area contributed by atoms with E-state index in [0.717, 1.165) is 50.6 Å². The molecule has 0 spiro atoms. The largest absolute Gasteiger partial charge is 0.378 e. The van der Waals surface area contributed by atoms with Gasteiger partial charge in [-0.3, -0.25) is 4.79 Å². The van der Waals surface area contributed by atoms with Crippen molar-refractivity contribution in [1.29, 1.82) is 0 Å². The number of carbonyl (C=O) groups excluding carboxylic acids is 1. The molecular weight excluding hydrogens is 402 g/mol. The van der Waals surface area contributed by atoms with Gasteiger partial charge >= 0.3 is 0 Å². The maximum absolute atomic E-state index is 12.9. The highest BCUT2D eigenvalue weighted by Gasteiger charge is 2.43. The predicted octanol–water partition coefficient (Wildman–Crippen LogP) is 2.06. The van der Waals surface area contributed by atoms with Crippen LogP contribution in [-0.4, -0.2) is 55.8 Å². The van der Waals surface area contributed by atoms with Crippen LogP contribution >= 0.6 is 0 Å². The van der Waals surface area contributed by atoms with E-state index < -0.39 is 0 Å². The van der Waals surface area contributed by atoms with E-state index in [9.17, 15) is 4.79 Å².